The van der Waals surface area contributed by atoms with Crippen LogP contribution < -0.4 is 5.32 Å². The summed E-state index contributed by atoms with van der Waals surface area (Å²) in [5.74, 6) is -0.363. The van der Waals surface area contributed by atoms with Gasteiger partial charge in [-0.15, -0.1) is 0 Å². The number of carbonyl (C=O) groups excluding carboxylic acids is 1. The van der Waals surface area contributed by atoms with Gasteiger partial charge in [-0.2, -0.15) is 17.0 Å². The predicted molar refractivity (Wildman–Crippen MR) is 110 cm³/mol. The third-order valence-electron chi connectivity index (χ3n) is 5.64. The number of hydrogen-bond donors (Lipinski definition) is 1. The SMILES string of the molecule is CN(C)S(=O)(=O)N1CCC[C@H](C(=O)NCc2ccc(CN3CCCC3)cc2)C1. The molecule has 28 heavy (non-hydrogen) atoms. The van der Waals surface area contributed by atoms with Crippen molar-refractivity contribution in [3.63, 3.8) is 0 Å². The Morgan fingerprint density at radius 1 is 1.07 bits per heavy atom. The Balaban J connectivity index is 1.49. The van der Waals surface area contributed by atoms with Crippen molar-refractivity contribution < 1.29 is 13.2 Å². The minimum Gasteiger partial charge on any atom is -0.352 e. The molecule has 0 bridgehead atoms. The van der Waals surface area contributed by atoms with Crippen molar-refractivity contribution in [2.75, 3.05) is 40.3 Å². The number of benzene rings is 1. The zero-order valence-corrected chi connectivity index (χ0v) is 17.7. The second kappa shape index (κ2) is 9.35. The van der Waals surface area contributed by atoms with Gasteiger partial charge >= 0.3 is 0 Å². The van der Waals surface area contributed by atoms with Crippen molar-refractivity contribution in [1.29, 1.82) is 0 Å². The Morgan fingerprint density at radius 3 is 2.36 bits per heavy atom. The highest BCUT2D eigenvalue weighted by atomic mass is 32.2. The summed E-state index contributed by atoms with van der Waals surface area (Å²) in [5, 5.41) is 2.98. The monoisotopic (exact) mass is 408 g/mol. The second-order valence-electron chi connectivity index (χ2n) is 8.00. The molecular formula is C20H32N4O3S. The molecule has 0 radical (unpaired) electrons. The largest absolute Gasteiger partial charge is 0.352 e. The lowest BCUT2D eigenvalue weighted by Crippen LogP contribution is -2.48. The number of amides is 1. The van der Waals surface area contributed by atoms with E-state index in [1.807, 2.05) is 0 Å². The van der Waals surface area contributed by atoms with E-state index in [2.05, 4.69) is 34.5 Å². The van der Waals surface area contributed by atoms with Crippen LogP contribution >= 0.6 is 0 Å². The van der Waals surface area contributed by atoms with Crippen LogP contribution in [0.1, 0.15) is 36.8 Å². The van der Waals surface area contributed by atoms with Crippen LogP contribution in [0.3, 0.4) is 0 Å². The van der Waals surface area contributed by atoms with Crippen molar-refractivity contribution in [1.82, 2.24) is 18.8 Å². The zero-order chi connectivity index (χ0) is 20.1. The van der Waals surface area contributed by atoms with Gasteiger partial charge in [-0.25, -0.2) is 0 Å². The van der Waals surface area contributed by atoms with E-state index in [9.17, 15) is 13.2 Å². The van der Waals surface area contributed by atoms with Crippen molar-refractivity contribution in [3.8, 4) is 0 Å². The Labute approximate surface area is 168 Å². The fraction of sp³-hybridized carbons (Fsp3) is 0.650. The number of piperidine rings is 1. The lowest BCUT2D eigenvalue weighted by Gasteiger charge is -2.32. The highest BCUT2D eigenvalue weighted by Crippen LogP contribution is 2.20. The molecule has 1 aromatic carbocycles. The van der Waals surface area contributed by atoms with E-state index >= 15 is 0 Å². The molecular weight excluding hydrogens is 376 g/mol. The third kappa shape index (κ3) is 5.31. The van der Waals surface area contributed by atoms with Crippen LogP contribution in [0.25, 0.3) is 0 Å². The van der Waals surface area contributed by atoms with Gasteiger partial charge in [0.2, 0.25) is 5.91 Å². The summed E-state index contributed by atoms with van der Waals surface area (Å²) < 4.78 is 27.2. The fourth-order valence-corrected chi connectivity index (χ4v) is 5.08. The summed E-state index contributed by atoms with van der Waals surface area (Å²) in [7, 11) is -0.425. The zero-order valence-electron chi connectivity index (χ0n) is 16.9. The highest BCUT2D eigenvalue weighted by molar-refractivity contribution is 7.86. The van der Waals surface area contributed by atoms with Gasteiger partial charge in [0.15, 0.2) is 0 Å². The maximum Gasteiger partial charge on any atom is 0.281 e. The van der Waals surface area contributed by atoms with E-state index < -0.39 is 10.2 Å². The molecule has 0 aromatic heterocycles. The normalized spacial score (nSPS) is 21.9. The van der Waals surface area contributed by atoms with Gasteiger partial charge in [-0.3, -0.25) is 9.69 Å². The van der Waals surface area contributed by atoms with Crippen LogP contribution in [0.2, 0.25) is 0 Å². The predicted octanol–water partition coefficient (Wildman–Crippen LogP) is 1.42. The van der Waals surface area contributed by atoms with Crippen molar-refractivity contribution in [2.45, 2.75) is 38.8 Å². The lowest BCUT2D eigenvalue weighted by atomic mass is 9.98. The van der Waals surface area contributed by atoms with Crippen LogP contribution in [0, 0.1) is 5.92 Å². The first-order chi connectivity index (χ1) is 13.4. The highest BCUT2D eigenvalue weighted by Gasteiger charge is 2.33. The van der Waals surface area contributed by atoms with E-state index in [4.69, 9.17) is 0 Å². The van der Waals surface area contributed by atoms with Crippen molar-refractivity contribution >= 4 is 16.1 Å². The van der Waals surface area contributed by atoms with Gasteiger partial charge < -0.3 is 5.32 Å². The van der Waals surface area contributed by atoms with Gasteiger partial charge in [0.1, 0.15) is 0 Å². The van der Waals surface area contributed by atoms with Gasteiger partial charge in [-0.05, 0) is 49.9 Å². The first-order valence-electron chi connectivity index (χ1n) is 10.1. The summed E-state index contributed by atoms with van der Waals surface area (Å²) in [4.78, 5) is 15.0. The first kappa shape index (κ1) is 21.2. The number of nitrogens with zero attached hydrogens (tertiary/aromatic N) is 3. The molecule has 0 unspecified atom stereocenters. The third-order valence-corrected chi connectivity index (χ3v) is 7.54. The van der Waals surface area contributed by atoms with Gasteiger partial charge in [0, 0.05) is 40.3 Å². The second-order valence-corrected chi connectivity index (χ2v) is 10.1. The van der Waals surface area contributed by atoms with Crippen molar-refractivity contribution in [3.05, 3.63) is 35.4 Å². The van der Waals surface area contributed by atoms with E-state index in [-0.39, 0.29) is 18.4 Å². The van der Waals surface area contributed by atoms with E-state index in [0.29, 0.717) is 19.5 Å². The smallest absolute Gasteiger partial charge is 0.281 e. The molecule has 0 aliphatic carbocycles. The Hall–Kier alpha value is -1.48. The molecule has 0 spiro atoms. The van der Waals surface area contributed by atoms with Gasteiger partial charge in [0.25, 0.3) is 10.2 Å². The molecule has 2 heterocycles. The lowest BCUT2D eigenvalue weighted by molar-refractivity contribution is -0.126. The van der Waals surface area contributed by atoms with Crippen LogP contribution in [0.15, 0.2) is 24.3 Å². The minimum absolute atomic E-state index is 0.0696. The minimum atomic E-state index is -3.47. The average Bonchev–Trinajstić information content (AvgIpc) is 3.20. The van der Waals surface area contributed by atoms with Crippen LogP contribution in [-0.2, 0) is 28.1 Å². The molecule has 2 aliphatic heterocycles. The fourth-order valence-electron chi connectivity index (χ4n) is 3.89. The first-order valence-corrected chi connectivity index (χ1v) is 11.5. The Morgan fingerprint density at radius 2 is 1.71 bits per heavy atom. The number of hydrogen-bond acceptors (Lipinski definition) is 4. The van der Waals surface area contributed by atoms with E-state index in [0.717, 1.165) is 18.5 Å². The van der Waals surface area contributed by atoms with Gasteiger partial charge in [0.05, 0.1) is 5.92 Å². The molecule has 7 nitrogen and oxygen atoms in total. The number of carbonyl (C=O) groups is 1. The van der Waals surface area contributed by atoms with Gasteiger partial charge in [-0.1, -0.05) is 24.3 Å². The summed E-state index contributed by atoms with van der Waals surface area (Å²) in [5.41, 5.74) is 2.36. The number of likely N-dealkylation sites (tertiary alicyclic amines) is 1. The van der Waals surface area contributed by atoms with E-state index in [1.165, 1.54) is 54.2 Å². The summed E-state index contributed by atoms with van der Waals surface area (Å²) >= 11 is 0. The molecule has 1 aromatic rings. The van der Waals surface area contributed by atoms with Crippen LogP contribution in [-0.4, -0.2) is 68.1 Å². The van der Waals surface area contributed by atoms with E-state index in [1.54, 1.807) is 0 Å². The van der Waals surface area contributed by atoms with Crippen LogP contribution in [0.4, 0.5) is 0 Å². The quantitative estimate of drug-likeness (QED) is 0.741. The molecule has 0 saturated carbocycles. The average molecular weight is 409 g/mol. The Kier molecular flexibility index (Phi) is 7.09. The van der Waals surface area contributed by atoms with Crippen LogP contribution in [0.5, 0.6) is 0 Å². The molecule has 1 N–H and O–H groups in total. The molecule has 8 heteroatoms. The molecule has 2 fully saturated rings. The Bertz CT molecular complexity index is 758. The summed E-state index contributed by atoms with van der Waals surface area (Å²) in [6.45, 7) is 4.55. The number of nitrogens with one attached hydrogen (secondary N) is 1. The molecule has 1 atom stereocenters. The molecule has 156 valence electrons. The maximum absolute atomic E-state index is 12.6. The maximum atomic E-state index is 12.6. The molecule has 3 rings (SSSR count). The topological polar surface area (TPSA) is 73.0 Å². The van der Waals surface area contributed by atoms with Crippen molar-refractivity contribution in [2.24, 2.45) is 5.92 Å². The summed E-state index contributed by atoms with van der Waals surface area (Å²) in [6.07, 6.45) is 4.01. The number of rotatable bonds is 7. The standard InChI is InChI=1S/C20H32N4O3S/c1-22(2)28(26,27)24-13-5-6-19(16-24)20(25)21-14-17-7-9-18(10-8-17)15-23-11-3-4-12-23/h7-10,19H,3-6,11-16H2,1-2H3,(H,21,25)/t19-/m0/s1. The molecule has 2 aliphatic rings. The molecule has 2 saturated heterocycles. The molecule has 1 amide bonds. The summed E-state index contributed by atoms with van der Waals surface area (Å²) in [6, 6.07) is 8.39.